The predicted octanol–water partition coefficient (Wildman–Crippen LogP) is 2.18. The Morgan fingerprint density at radius 3 is 2.68 bits per heavy atom. The monoisotopic (exact) mass is 427 g/mol. The number of hydrogen-bond donors (Lipinski definition) is 1. The molecule has 1 N–H and O–H groups in total. The van der Waals surface area contributed by atoms with Crippen molar-refractivity contribution in [3.8, 4) is 0 Å². The van der Waals surface area contributed by atoms with Crippen LogP contribution in [0, 0.1) is 23.2 Å². The van der Waals surface area contributed by atoms with Crippen LogP contribution in [-0.4, -0.2) is 64.1 Å². The highest BCUT2D eigenvalue weighted by Crippen LogP contribution is 2.44. The number of rotatable bonds is 6. The van der Waals surface area contributed by atoms with E-state index in [0.717, 1.165) is 65.0 Å². The summed E-state index contributed by atoms with van der Waals surface area (Å²) >= 11 is 0. The van der Waals surface area contributed by atoms with Crippen molar-refractivity contribution in [3.05, 3.63) is 18.0 Å². The van der Waals surface area contributed by atoms with E-state index in [9.17, 15) is 9.59 Å². The van der Waals surface area contributed by atoms with E-state index in [4.69, 9.17) is 0 Å². The van der Waals surface area contributed by atoms with Gasteiger partial charge in [-0.3, -0.25) is 19.2 Å². The Kier molecular flexibility index (Phi) is 5.80. The molecule has 1 aromatic rings. The molecule has 5 rings (SSSR count). The van der Waals surface area contributed by atoms with Gasteiger partial charge in [0.05, 0.1) is 11.6 Å². The molecule has 4 fully saturated rings. The normalized spacial score (nSPS) is 29.7. The Hall–Kier alpha value is -1.89. The van der Waals surface area contributed by atoms with Crippen LogP contribution in [0.5, 0.6) is 0 Å². The number of carbonyl (C=O) groups is 2. The van der Waals surface area contributed by atoms with Gasteiger partial charge >= 0.3 is 0 Å². The van der Waals surface area contributed by atoms with E-state index in [1.807, 2.05) is 17.9 Å². The molecule has 0 radical (unpaired) electrons. The van der Waals surface area contributed by atoms with E-state index < -0.39 is 0 Å². The van der Waals surface area contributed by atoms with Crippen LogP contribution in [-0.2, 0) is 23.2 Å². The lowest BCUT2D eigenvalue weighted by atomic mass is 9.74. The van der Waals surface area contributed by atoms with Gasteiger partial charge in [-0.25, -0.2) is 0 Å². The minimum absolute atomic E-state index is 0.205. The second kappa shape index (κ2) is 8.57. The number of aryl methyl sites for hydroxylation is 1. The molecular formula is C24H37N5O2. The van der Waals surface area contributed by atoms with Crippen LogP contribution < -0.4 is 5.32 Å². The third-order valence-corrected chi connectivity index (χ3v) is 8.14. The van der Waals surface area contributed by atoms with Gasteiger partial charge in [0.15, 0.2) is 0 Å². The maximum absolute atomic E-state index is 13.6. The third-order valence-electron chi connectivity index (χ3n) is 8.14. The fourth-order valence-electron chi connectivity index (χ4n) is 6.21. The van der Waals surface area contributed by atoms with Crippen LogP contribution in [0.15, 0.2) is 12.4 Å². The zero-order valence-corrected chi connectivity index (χ0v) is 18.9. The zero-order valence-electron chi connectivity index (χ0n) is 18.9. The molecule has 170 valence electrons. The largest absolute Gasteiger partial charge is 0.355 e. The molecule has 0 unspecified atom stereocenters. The summed E-state index contributed by atoms with van der Waals surface area (Å²) < 4.78 is 1.84. The maximum atomic E-state index is 13.6. The summed E-state index contributed by atoms with van der Waals surface area (Å²) in [7, 11) is 1.94. The van der Waals surface area contributed by atoms with Gasteiger partial charge in [-0.15, -0.1) is 0 Å². The first-order valence-corrected chi connectivity index (χ1v) is 12.3. The lowest BCUT2D eigenvalue weighted by Gasteiger charge is -2.33. The van der Waals surface area contributed by atoms with Crippen molar-refractivity contribution in [2.45, 2.75) is 57.9 Å². The van der Waals surface area contributed by atoms with Crippen LogP contribution >= 0.6 is 0 Å². The van der Waals surface area contributed by atoms with Crippen LogP contribution in [0.4, 0.5) is 0 Å². The quantitative estimate of drug-likeness (QED) is 0.755. The maximum Gasteiger partial charge on any atom is 0.227 e. The highest BCUT2D eigenvalue weighted by molar-refractivity contribution is 5.84. The minimum atomic E-state index is -0.373. The van der Waals surface area contributed by atoms with E-state index in [-0.39, 0.29) is 23.2 Å². The Labute approximate surface area is 185 Å². The van der Waals surface area contributed by atoms with Gasteiger partial charge in [0.1, 0.15) is 0 Å². The first kappa shape index (κ1) is 21.0. The van der Waals surface area contributed by atoms with Gasteiger partial charge in [-0.2, -0.15) is 5.10 Å². The molecule has 7 heteroatoms. The van der Waals surface area contributed by atoms with E-state index >= 15 is 0 Å². The summed E-state index contributed by atoms with van der Waals surface area (Å²) in [6.45, 7) is 4.84. The Morgan fingerprint density at radius 2 is 1.97 bits per heavy atom. The molecule has 2 aliphatic carbocycles. The third kappa shape index (κ3) is 4.38. The number of hydrogen-bond acceptors (Lipinski definition) is 4. The Balaban J connectivity index is 1.33. The number of carbonyl (C=O) groups excluding carboxylic acids is 2. The number of aromatic nitrogens is 2. The van der Waals surface area contributed by atoms with Crippen LogP contribution in [0.25, 0.3) is 0 Å². The van der Waals surface area contributed by atoms with Crippen molar-refractivity contribution >= 4 is 11.8 Å². The van der Waals surface area contributed by atoms with Crippen molar-refractivity contribution < 1.29 is 9.59 Å². The molecular weight excluding hydrogens is 390 g/mol. The lowest BCUT2D eigenvalue weighted by Crippen LogP contribution is -2.49. The van der Waals surface area contributed by atoms with Crippen LogP contribution in [0.1, 0.15) is 56.9 Å². The zero-order chi connectivity index (χ0) is 21.4. The van der Waals surface area contributed by atoms with Crippen molar-refractivity contribution in [3.63, 3.8) is 0 Å². The van der Waals surface area contributed by atoms with Gasteiger partial charge in [-0.05, 0) is 44.4 Å². The van der Waals surface area contributed by atoms with Crippen LogP contribution in [0.2, 0.25) is 0 Å². The second-order valence-electron chi connectivity index (χ2n) is 10.6. The molecule has 2 saturated heterocycles. The van der Waals surface area contributed by atoms with Gasteiger partial charge in [0.2, 0.25) is 11.8 Å². The Bertz CT molecular complexity index is 813. The fraction of sp³-hybridized carbons (Fsp3) is 0.792. The van der Waals surface area contributed by atoms with Crippen molar-refractivity contribution in [2.24, 2.45) is 30.2 Å². The molecule has 2 saturated carbocycles. The average Bonchev–Trinajstić information content (AvgIpc) is 3.13. The summed E-state index contributed by atoms with van der Waals surface area (Å²) in [6.07, 6.45) is 12.7. The number of likely N-dealkylation sites (tertiary alicyclic amines) is 2. The van der Waals surface area contributed by atoms with Gasteiger partial charge in [-0.1, -0.05) is 12.8 Å². The van der Waals surface area contributed by atoms with Crippen molar-refractivity contribution in [1.29, 1.82) is 0 Å². The molecule has 0 spiro atoms. The fourth-order valence-corrected chi connectivity index (χ4v) is 6.21. The summed E-state index contributed by atoms with van der Waals surface area (Å²) in [4.78, 5) is 31.3. The first-order valence-electron chi connectivity index (χ1n) is 12.3. The highest BCUT2D eigenvalue weighted by atomic mass is 16.2. The van der Waals surface area contributed by atoms with E-state index in [1.165, 1.54) is 31.2 Å². The molecule has 1 aromatic heterocycles. The molecule has 2 amide bonds. The molecule has 3 heterocycles. The molecule has 0 aromatic carbocycles. The van der Waals surface area contributed by atoms with Crippen LogP contribution in [0.3, 0.4) is 0 Å². The highest BCUT2D eigenvalue weighted by Gasteiger charge is 2.53. The summed E-state index contributed by atoms with van der Waals surface area (Å²) in [5.41, 5.74) is 0.813. The molecule has 4 aliphatic rings. The topological polar surface area (TPSA) is 70.5 Å². The van der Waals surface area contributed by atoms with E-state index in [0.29, 0.717) is 11.8 Å². The van der Waals surface area contributed by atoms with Crippen molar-refractivity contribution in [1.82, 2.24) is 24.9 Å². The summed E-state index contributed by atoms with van der Waals surface area (Å²) in [5, 5.41) is 7.62. The molecule has 2 atom stereocenters. The first-order chi connectivity index (χ1) is 15.0. The van der Waals surface area contributed by atoms with E-state index in [2.05, 4.69) is 26.4 Å². The number of amides is 2. The van der Waals surface area contributed by atoms with Crippen molar-refractivity contribution in [2.75, 3.05) is 32.7 Å². The number of nitrogens with one attached hydrogen (secondary N) is 1. The SMILES string of the molecule is Cn1cc(CN2C[C@H]3CN(C(=O)C4CCCC4)CCC[C@@]3(C(=O)NCC3CC3)C2)cn1. The lowest BCUT2D eigenvalue weighted by molar-refractivity contribution is -0.137. The smallest absolute Gasteiger partial charge is 0.227 e. The molecule has 7 nitrogen and oxygen atoms in total. The van der Waals surface area contributed by atoms with E-state index in [1.54, 1.807) is 0 Å². The van der Waals surface area contributed by atoms with Gasteiger partial charge in [0, 0.05) is 69.9 Å². The summed E-state index contributed by atoms with van der Waals surface area (Å²) in [6, 6.07) is 0. The standard InChI is InChI=1S/C24H37N5O2/c1-27-13-19(12-26-27)14-28-15-21-16-29(22(30)20-5-2-3-6-20)10-4-9-24(21,17-28)23(31)25-11-18-7-8-18/h12-13,18,20-21H,2-11,14-17H2,1H3,(H,25,31)/t21-,24+/m0/s1. The molecule has 2 aliphatic heterocycles. The predicted molar refractivity (Wildman–Crippen MR) is 118 cm³/mol. The van der Waals surface area contributed by atoms with Gasteiger partial charge < -0.3 is 10.2 Å². The minimum Gasteiger partial charge on any atom is -0.355 e. The average molecular weight is 428 g/mol. The van der Waals surface area contributed by atoms with Gasteiger partial charge in [0.25, 0.3) is 0 Å². The Morgan fingerprint density at radius 1 is 1.16 bits per heavy atom. The second-order valence-corrected chi connectivity index (χ2v) is 10.6. The number of fused-ring (bicyclic) bond motifs is 1. The molecule has 0 bridgehead atoms. The summed E-state index contributed by atoms with van der Waals surface area (Å²) in [5.74, 6) is 1.67. The molecule has 31 heavy (non-hydrogen) atoms. The number of nitrogens with zero attached hydrogens (tertiary/aromatic N) is 4.